The third-order valence-electron chi connectivity index (χ3n) is 2.91. The van der Waals surface area contributed by atoms with Crippen molar-refractivity contribution in [2.24, 2.45) is 5.73 Å². The summed E-state index contributed by atoms with van der Waals surface area (Å²) < 4.78 is 19.4. The molecule has 5 heteroatoms. The molecule has 2 aromatic rings. The number of rotatable bonds is 4. The van der Waals surface area contributed by atoms with Crippen molar-refractivity contribution in [2.75, 3.05) is 0 Å². The van der Waals surface area contributed by atoms with Crippen LogP contribution in [0, 0.1) is 12.7 Å². The monoisotopic (exact) mass is 353 g/mol. The van der Waals surface area contributed by atoms with Crippen LogP contribution >= 0.6 is 28.1 Å². The summed E-state index contributed by atoms with van der Waals surface area (Å²) in [5, 5.41) is 0. The highest BCUT2D eigenvalue weighted by atomic mass is 79.9. The average Bonchev–Trinajstić information content (AvgIpc) is 2.41. The van der Waals surface area contributed by atoms with Gasteiger partial charge in [-0.3, -0.25) is 0 Å². The normalized spacial score (nSPS) is 10.3. The number of benzene rings is 2. The van der Waals surface area contributed by atoms with Crippen LogP contribution in [0.4, 0.5) is 4.39 Å². The fourth-order valence-corrected chi connectivity index (χ4v) is 2.11. The molecular formula is C15H13BrFNOS. The van der Waals surface area contributed by atoms with E-state index in [9.17, 15) is 4.39 Å². The van der Waals surface area contributed by atoms with Gasteiger partial charge in [0.1, 0.15) is 23.2 Å². The van der Waals surface area contributed by atoms with Crippen LogP contribution in [0.15, 0.2) is 40.9 Å². The second kappa shape index (κ2) is 6.33. The Morgan fingerprint density at radius 1 is 1.30 bits per heavy atom. The Labute approximate surface area is 130 Å². The summed E-state index contributed by atoms with van der Waals surface area (Å²) in [6.07, 6.45) is 0. The van der Waals surface area contributed by atoms with Crippen LogP contribution in [0.2, 0.25) is 0 Å². The Hall–Kier alpha value is -1.46. The van der Waals surface area contributed by atoms with Gasteiger partial charge >= 0.3 is 0 Å². The first-order valence-corrected chi connectivity index (χ1v) is 7.14. The van der Waals surface area contributed by atoms with Gasteiger partial charge in [-0.15, -0.1) is 0 Å². The van der Waals surface area contributed by atoms with Crippen LogP contribution in [0.3, 0.4) is 0 Å². The second-order valence-electron chi connectivity index (χ2n) is 4.37. The SMILES string of the molecule is Cc1cc(C(N)=S)ccc1COc1ccc(Br)c(F)c1. The van der Waals surface area contributed by atoms with E-state index >= 15 is 0 Å². The quantitative estimate of drug-likeness (QED) is 0.840. The zero-order chi connectivity index (χ0) is 14.7. The number of halogens is 2. The number of aryl methyl sites for hydroxylation is 1. The van der Waals surface area contributed by atoms with Crippen LogP contribution in [-0.2, 0) is 6.61 Å². The number of ether oxygens (including phenoxy) is 1. The lowest BCUT2D eigenvalue weighted by Crippen LogP contribution is -2.10. The molecule has 0 radical (unpaired) electrons. The molecule has 0 aliphatic rings. The van der Waals surface area contributed by atoms with Crippen molar-refractivity contribution in [3.8, 4) is 5.75 Å². The van der Waals surface area contributed by atoms with Crippen molar-refractivity contribution in [1.29, 1.82) is 0 Å². The van der Waals surface area contributed by atoms with Gasteiger partial charge in [0.25, 0.3) is 0 Å². The molecule has 0 fully saturated rings. The van der Waals surface area contributed by atoms with Gasteiger partial charge in [0.2, 0.25) is 0 Å². The predicted octanol–water partition coefficient (Wildman–Crippen LogP) is 4.11. The maximum atomic E-state index is 13.4. The largest absolute Gasteiger partial charge is 0.489 e. The van der Waals surface area contributed by atoms with Crippen molar-refractivity contribution in [3.63, 3.8) is 0 Å². The highest BCUT2D eigenvalue weighted by Gasteiger charge is 2.05. The first-order valence-electron chi connectivity index (χ1n) is 5.94. The van der Waals surface area contributed by atoms with Gasteiger partial charge in [0, 0.05) is 11.6 Å². The van der Waals surface area contributed by atoms with Gasteiger partial charge in [-0.2, -0.15) is 0 Å². The summed E-state index contributed by atoms with van der Waals surface area (Å²) in [5.74, 6) is 0.145. The Morgan fingerprint density at radius 2 is 2.05 bits per heavy atom. The molecule has 2 nitrogen and oxygen atoms in total. The van der Waals surface area contributed by atoms with Gasteiger partial charge in [-0.05, 0) is 52.2 Å². The minimum absolute atomic E-state index is 0.344. The average molecular weight is 354 g/mol. The maximum Gasteiger partial charge on any atom is 0.141 e. The molecule has 2 N–H and O–H groups in total. The summed E-state index contributed by atoms with van der Waals surface area (Å²) in [6.45, 7) is 2.33. The Bertz CT molecular complexity index is 660. The number of nitrogens with two attached hydrogens (primary N) is 1. The molecule has 0 unspecified atom stereocenters. The molecule has 20 heavy (non-hydrogen) atoms. The fourth-order valence-electron chi connectivity index (χ4n) is 1.74. The highest BCUT2D eigenvalue weighted by molar-refractivity contribution is 9.10. The third kappa shape index (κ3) is 3.55. The van der Waals surface area contributed by atoms with Gasteiger partial charge < -0.3 is 10.5 Å². The van der Waals surface area contributed by atoms with Crippen LogP contribution in [0.25, 0.3) is 0 Å². The van der Waals surface area contributed by atoms with Gasteiger partial charge in [0.15, 0.2) is 0 Å². The minimum atomic E-state index is -0.344. The molecule has 0 atom stereocenters. The van der Waals surface area contributed by atoms with Gasteiger partial charge in [0.05, 0.1) is 4.47 Å². The summed E-state index contributed by atoms with van der Waals surface area (Å²) in [4.78, 5) is 0.371. The fraction of sp³-hybridized carbons (Fsp3) is 0.133. The predicted molar refractivity (Wildman–Crippen MR) is 85.5 cm³/mol. The maximum absolute atomic E-state index is 13.4. The van der Waals surface area contributed by atoms with Crippen LogP contribution in [0.5, 0.6) is 5.75 Å². The molecule has 2 aromatic carbocycles. The summed E-state index contributed by atoms with van der Waals surface area (Å²) >= 11 is 8.04. The number of hydrogen-bond donors (Lipinski definition) is 1. The van der Waals surface area contributed by atoms with Crippen molar-refractivity contribution in [1.82, 2.24) is 0 Å². The standard InChI is InChI=1S/C15H13BrFNOS/c1-9-6-10(15(18)20)2-3-11(9)8-19-12-4-5-13(16)14(17)7-12/h2-7H,8H2,1H3,(H2,18,20). The third-order valence-corrected chi connectivity index (χ3v) is 3.79. The first kappa shape index (κ1) is 14.9. The zero-order valence-corrected chi connectivity index (χ0v) is 13.2. The Kier molecular flexibility index (Phi) is 4.73. The molecule has 0 bridgehead atoms. The van der Waals surface area contributed by atoms with E-state index in [1.165, 1.54) is 6.07 Å². The van der Waals surface area contributed by atoms with Crippen molar-refractivity contribution < 1.29 is 9.13 Å². The number of thiocarbonyl (C=S) groups is 1. The molecule has 0 heterocycles. The lowest BCUT2D eigenvalue weighted by atomic mass is 10.1. The first-order chi connectivity index (χ1) is 9.47. The molecule has 0 aromatic heterocycles. The Morgan fingerprint density at radius 3 is 2.65 bits per heavy atom. The zero-order valence-electron chi connectivity index (χ0n) is 10.8. The van der Waals surface area contributed by atoms with E-state index in [4.69, 9.17) is 22.7 Å². The van der Waals surface area contributed by atoms with Crippen LogP contribution < -0.4 is 10.5 Å². The van der Waals surface area contributed by atoms with E-state index in [0.29, 0.717) is 21.8 Å². The second-order valence-corrected chi connectivity index (χ2v) is 5.66. The van der Waals surface area contributed by atoms with E-state index in [2.05, 4.69) is 15.9 Å². The van der Waals surface area contributed by atoms with Crippen LogP contribution in [-0.4, -0.2) is 4.99 Å². The van der Waals surface area contributed by atoms with Gasteiger partial charge in [-0.1, -0.05) is 24.4 Å². The molecule has 104 valence electrons. The number of hydrogen-bond acceptors (Lipinski definition) is 2. The molecule has 0 amide bonds. The molecule has 0 aliphatic carbocycles. The van der Waals surface area contributed by atoms with E-state index in [0.717, 1.165) is 16.7 Å². The van der Waals surface area contributed by atoms with E-state index in [-0.39, 0.29) is 5.82 Å². The smallest absolute Gasteiger partial charge is 0.141 e. The Balaban J connectivity index is 2.10. The molecular weight excluding hydrogens is 341 g/mol. The lowest BCUT2D eigenvalue weighted by Gasteiger charge is -2.10. The molecule has 0 spiro atoms. The van der Waals surface area contributed by atoms with Crippen molar-refractivity contribution in [2.45, 2.75) is 13.5 Å². The molecule has 0 aliphatic heterocycles. The molecule has 0 saturated heterocycles. The van der Waals surface area contributed by atoms with E-state index in [1.807, 2.05) is 25.1 Å². The van der Waals surface area contributed by atoms with Crippen LogP contribution in [0.1, 0.15) is 16.7 Å². The minimum Gasteiger partial charge on any atom is -0.489 e. The van der Waals surface area contributed by atoms with E-state index in [1.54, 1.807) is 12.1 Å². The summed E-state index contributed by atoms with van der Waals surface area (Å²) in [5.41, 5.74) is 8.45. The van der Waals surface area contributed by atoms with Gasteiger partial charge in [-0.25, -0.2) is 4.39 Å². The molecule has 0 saturated carbocycles. The highest BCUT2D eigenvalue weighted by Crippen LogP contribution is 2.22. The topological polar surface area (TPSA) is 35.2 Å². The lowest BCUT2D eigenvalue weighted by molar-refractivity contribution is 0.303. The van der Waals surface area contributed by atoms with E-state index < -0.39 is 0 Å². The summed E-state index contributed by atoms with van der Waals surface area (Å²) in [7, 11) is 0. The molecule has 2 rings (SSSR count). The van der Waals surface area contributed by atoms with Crippen molar-refractivity contribution in [3.05, 3.63) is 63.4 Å². The van der Waals surface area contributed by atoms with Crippen molar-refractivity contribution >= 4 is 33.1 Å². The summed E-state index contributed by atoms with van der Waals surface area (Å²) in [6, 6.07) is 10.4.